The predicted molar refractivity (Wildman–Crippen MR) is 69.0 cm³/mol. The third-order valence-electron chi connectivity index (χ3n) is 2.58. The second-order valence-electron chi connectivity index (χ2n) is 3.96. The van der Waals surface area contributed by atoms with Crippen LogP contribution in [0.5, 0.6) is 0 Å². The highest BCUT2D eigenvalue weighted by atomic mass is 35.5. The van der Waals surface area contributed by atoms with Gasteiger partial charge in [0.1, 0.15) is 0 Å². The van der Waals surface area contributed by atoms with Crippen LogP contribution in [-0.4, -0.2) is 19.7 Å². The lowest BCUT2D eigenvalue weighted by Crippen LogP contribution is -2.23. The largest absolute Gasteiger partial charge is 0.369 e. The third kappa shape index (κ3) is 4.12. The molecule has 1 aromatic carbocycles. The van der Waals surface area contributed by atoms with Crippen molar-refractivity contribution in [2.24, 2.45) is 0 Å². The summed E-state index contributed by atoms with van der Waals surface area (Å²) in [4.78, 5) is 0. The number of hydrogen-bond acceptors (Lipinski definition) is 2. The van der Waals surface area contributed by atoms with Gasteiger partial charge in [0.15, 0.2) is 0 Å². The summed E-state index contributed by atoms with van der Waals surface area (Å²) < 4.78 is 5.96. The average Bonchev–Trinajstić information content (AvgIpc) is 2.28. The van der Waals surface area contributed by atoms with Crippen molar-refractivity contribution in [3.8, 4) is 0 Å². The molecule has 0 aromatic heterocycles. The van der Waals surface area contributed by atoms with E-state index in [0.29, 0.717) is 0 Å². The maximum absolute atomic E-state index is 5.98. The smallest absolute Gasteiger partial charge is 0.0953 e. The van der Waals surface area contributed by atoms with Crippen molar-refractivity contribution in [2.45, 2.75) is 32.5 Å². The van der Waals surface area contributed by atoms with Gasteiger partial charge in [-0.05, 0) is 38.1 Å². The molecule has 0 spiro atoms. The van der Waals surface area contributed by atoms with E-state index in [-0.39, 0.29) is 12.2 Å². The lowest BCUT2D eigenvalue weighted by atomic mass is 10.1. The van der Waals surface area contributed by atoms with Gasteiger partial charge in [0, 0.05) is 11.6 Å². The second-order valence-corrected chi connectivity index (χ2v) is 4.39. The van der Waals surface area contributed by atoms with Crippen LogP contribution in [0.1, 0.15) is 31.9 Å². The minimum absolute atomic E-state index is 0.0682. The molecule has 0 radical (unpaired) electrons. The molecule has 1 rings (SSSR count). The maximum Gasteiger partial charge on any atom is 0.0953 e. The minimum atomic E-state index is 0.0682. The lowest BCUT2D eigenvalue weighted by Gasteiger charge is -2.22. The van der Waals surface area contributed by atoms with E-state index in [1.807, 2.05) is 25.2 Å². The molecule has 3 heteroatoms. The summed E-state index contributed by atoms with van der Waals surface area (Å²) in [6.07, 6.45) is 1.34. The van der Waals surface area contributed by atoms with Crippen LogP contribution in [0, 0.1) is 0 Å². The summed E-state index contributed by atoms with van der Waals surface area (Å²) in [5.74, 6) is 0. The Morgan fingerprint density at radius 2 is 2.19 bits per heavy atom. The van der Waals surface area contributed by atoms with Gasteiger partial charge in [0.25, 0.3) is 0 Å². The zero-order chi connectivity index (χ0) is 12.0. The van der Waals surface area contributed by atoms with E-state index in [9.17, 15) is 0 Å². The van der Waals surface area contributed by atoms with Gasteiger partial charge >= 0.3 is 0 Å². The number of hydrogen-bond donors (Lipinski definition) is 1. The van der Waals surface area contributed by atoms with Crippen molar-refractivity contribution in [1.82, 2.24) is 5.32 Å². The normalized spacial score (nSPS) is 14.8. The summed E-state index contributed by atoms with van der Waals surface area (Å²) in [5.41, 5.74) is 1.13. The molecule has 0 saturated heterocycles. The van der Waals surface area contributed by atoms with Crippen LogP contribution in [0.25, 0.3) is 0 Å². The van der Waals surface area contributed by atoms with Crippen molar-refractivity contribution in [3.63, 3.8) is 0 Å². The molecule has 2 atom stereocenters. The van der Waals surface area contributed by atoms with Crippen LogP contribution in [0.2, 0.25) is 5.02 Å². The average molecular weight is 242 g/mol. The molecule has 1 N–H and O–H groups in total. The van der Waals surface area contributed by atoms with Gasteiger partial charge in [-0.25, -0.2) is 0 Å². The number of likely N-dealkylation sites (N-methyl/N-ethyl adjacent to an activating group) is 1. The topological polar surface area (TPSA) is 21.3 Å². The fourth-order valence-electron chi connectivity index (χ4n) is 1.51. The molecule has 0 fully saturated rings. The first-order valence-electron chi connectivity index (χ1n) is 5.72. The Hall–Kier alpha value is -0.570. The Balaban J connectivity index is 2.76. The van der Waals surface area contributed by atoms with Gasteiger partial charge in [-0.15, -0.1) is 0 Å². The SMILES string of the molecule is CCC(C)OC(CNC)c1cccc(Cl)c1. The fourth-order valence-corrected chi connectivity index (χ4v) is 1.71. The molecular weight excluding hydrogens is 222 g/mol. The highest BCUT2D eigenvalue weighted by Crippen LogP contribution is 2.22. The molecule has 16 heavy (non-hydrogen) atoms. The van der Waals surface area contributed by atoms with Crippen molar-refractivity contribution in [1.29, 1.82) is 0 Å². The van der Waals surface area contributed by atoms with E-state index >= 15 is 0 Å². The van der Waals surface area contributed by atoms with Gasteiger partial charge in [-0.1, -0.05) is 30.7 Å². The first kappa shape index (κ1) is 13.5. The van der Waals surface area contributed by atoms with Gasteiger partial charge in [-0.2, -0.15) is 0 Å². The number of ether oxygens (including phenoxy) is 1. The van der Waals surface area contributed by atoms with Crippen LogP contribution in [-0.2, 0) is 4.74 Å². The second kappa shape index (κ2) is 6.89. The number of benzene rings is 1. The standard InChI is InChI=1S/C13H20ClNO/c1-4-10(2)16-13(9-15-3)11-6-5-7-12(14)8-11/h5-8,10,13,15H,4,9H2,1-3H3. The molecule has 0 aliphatic carbocycles. The lowest BCUT2D eigenvalue weighted by molar-refractivity contribution is -0.00357. The summed E-state index contributed by atoms with van der Waals surface area (Å²) in [6.45, 7) is 5.01. The molecule has 2 unspecified atom stereocenters. The van der Waals surface area contributed by atoms with E-state index < -0.39 is 0 Å². The summed E-state index contributed by atoms with van der Waals surface area (Å²) in [7, 11) is 1.93. The summed E-state index contributed by atoms with van der Waals surface area (Å²) in [6, 6.07) is 7.85. The Kier molecular flexibility index (Phi) is 5.81. The fraction of sp³-hybridized carbons (Fsp3) is 0.538. The molecule has 0 aliphatic heterocycles. The molecule has 0 saturated carbocycles. The van der Waals surface area contributed by atoms with E-state index in [1.54, 1.807) is 0 Å². The highest BCUT2D eigenvalue weighted by molar-refractivity contribution is 6.30. The summed E-state index contributed by atoms with van der Waals surface area (Å²) >= 11 is 5.98. The molecule has 2 nitrogen and oxygen atoms in total. The number of rotatable bonds is 6. The van der Waals surface area contributed by atoms with Crippen LogP contribution >= 0.6 is 11.6 Å². The highest BCUT2D eigenvalue weighted by Gasteiger charge is 2.14. The molecule has 0 heterocycles. The Morgan fingerprint density at radius 3 is 2.75 bits per heavy atom. The zero-order valence-electron chi connectivity index (χ0n) is 10.2. The van der Waals surface area contributed by atoms with Crippen LogP contribution in [0.3, 0.4) is 0 Å². The molecule has 1 aromatic rings. The predicted octanol–water partition coefficient (Wildman–Crippen LogP) is 3.42. The van der Waals surface area contributed by atoms with Gasteiger partial charge in [0.05, 0.1) is 12.2 Å². The van der Waals surface area contributed by atoms with E-state index in [1.165, 1.54) is 0 Å². The first-order valence-corrected chi connectivity index (χ1v) is 6.10. The van der Waals surface area contributed by atoms with Crippen molar-refractivity contribution >= 4 is 11.6 Å². The number of nitrogens with one attached hydrogen (secondary N) is 1. The monoisotopic (exact) mass is 241 g/mol. The quantitative estimate of drug-likeness (QED) is 0.824. The van der Waals surface area contributed by atoms with Gasteiger partial charge in [0.2, 0.25) is 0 Å². The van der Waals surface area contributed by atoms with E-state index in [0.717, 1.165) is 23.6 Å². The van der Waals surface area contributed by atoms with Crippen molar-refractivity contribution < 1.29 is 4.74 Å². The van der Waals surface area contributed by atoms with Gasteiger partial charge < -0.3 is 10.1 Å². The zero-order valence-corrected chi connectivity index (χ0v) is 10.9. The third-order valence-corrected chi connectivity index (χ3v) is 2.82. The molecule has 0 bridgehead atoms. The molecule has 90 valence electrons. The van der Waals surface area contributed by atoms with Crippen LogP contribution in [0.15, 0.2) is 24.3 Å². The first-order chi connectivity index (χ1) is 7.67. The van der Waals surface area contributed by atoms with Gasteiger partial charge in [-0.3, -0.25) is 0 Å². The van der Waals surface area contributed by atoms with Crippen LogP contribution in [0.4, 0.5) is 0 Å². The Morgan fingerprint density at radius 1 is 1.44 bits per heavy atom. The van der Waals surface area contributed by atoms with E-state index in [2.05, 4.69) is 25.2 Å². The van der Waals surface area contributed by atoms with Crippen LogP contribution < -0.4 is 5.32 Å². The van der Waals surface area contributed by atoms with E-state index in [4.69, 9.17) is 16.3 Å². The molecule has 0 amide bonds. The molecule has 0 aliphatic rings. The molecular formula is C13H20ClNO. The number of halogens is 1. The van der Waals surface area contributed by atoms with Crippen molar-refractivity contribution in [3.05, 3.63) is 34.9 Å². The Bertz CT molecular complexity index is 317. The van der Waals surface area contributed by atoms with Crippen molar-refractivity contribution in [2.75, 3.05) is 13.6 Å². The summed E-state index contributed by atoms with van der Waals surface area (Å²) in [5, 5.41) is 3.90. The minimum Gasteiger partial charge on any atom is -0.369 e. The maximum atomic E-state index is 5.98. The Labute approximate surface area is 103 Å².